The number of nitrogen functional groups attached to an aromatic ring is 1. The second kappa shape index (κ2) is 6.38. The van der Waals surface area contributed by atoms with Gasteiger partial charge in [0.25, 0.3) is 0 Å². The van der Waals surface area contributed by atoms with Crippen molar-refractivity contribution in [2.24, 2.45) is 0 Å². The lowest BCUT2D eigenvalue weighted by Crippen LogP contribution is -2.05. The first-order valence-corrected chi connectivity index (χ1v) is 7.06. The molecule has 0 spiro atoms. The highest BCUT2D eigenvalue weighted by atomic mass is 32.2. The summed E-state index contributed by atoms with van der Waals surface area (Å²) in [5, 5.41) is 3.60. The van der Waals surface area contributed by atoms with Crippen LogP contribution in [0.4, 0.5) is 11.5 Å². The fraction of sp³-hybridized carbons (Fsp3) is 0.214. The van der Waals surface area contributed by atoms with Crippen molar-refractivity contribution in [3.05, 3.63) is 36.2 Å². The Morgan fingerprint density at radius 2 is 2.00 bits per heavy atom. The van der Waals surface area contributed by atoms with Gasteiger partial charge in [0.2, 0.25) is 5.91 Å². The molecule has 0 fully saturated rings. The van der Waals surface area contributed by atoms with E-state index in [9.17, 15) is 4.79 Å². The molecule has 0 radical (unpaired) electrons. The van der Waals surface area contributed by atoms with Crippen molar-refractivity contribution in [2.75, 3.05) is 11.1 Å². The number of carbonyl (C=O) groups is 1. The zero-order valence-electron chi connectivity index (χ0n) is 11.4. The van der Waals surface area contributed by atoms with E-state index < -0.39 is 0 Å². The van der Waals surface area contributed by atoms with Crippen molar-refractivity contribution in [2.45, 2.75) is 30.2 Å². The number of rotatable bonds is 4. The van der Waals surface area contributed by atoms with Gasteiger partial charge in [0.05, 0.1) is 0 Å². The van der Waals surface area contributed by atoms with Crippen LogP contribution < -0.4 is 11.1 Å². The van der Waals surface area contributed by atoms with Gasteiger partial charge in [-0.15, -0.1) is 0 Å². The van der Waals surface area contributed by atoms with Crippen LogP contribution in [0.5, 0.6) is 0 Å². The number of benzene rings is 1. The van der Waals surface area contributed by atoms with Crippen LogP contribution in [0.1, 0.15) is 19.4 Å². The van der Waals surface area contributed by atoms with Crippen molar-refractivity contribution in [3.63, 3.8) is 0 Å². The van der Waals surface area contributed by atoms with Gasteiger partial charge in [-0.1, -0.05) is 18.7 Å². The molecule has 2 aromatic rings. The Hall–Kier alpha value is -2.08. The second-order valence-electron chi connectivity index (χ2n) is 4.20. The van der Waals surface area contributed by atoms with Gasteiger partial charge in [-0.05, 0) is 30.7 Å². The van der Waals surface area contributed by atoms with E-state index in [1.807, 2.05) is 31.2 Å². The molecule has 1 aromatic heterocycles. The van der Waals surface area contributed by atoms with E-state index >= 15 is 0 Å². The predicted octanol–water partition coefficient (Wildman–Crippen LogP) is 2.73. The van der Waals surface area contributed by atoms with Crippen LogP contribution in [0.3, 0.4) is 0 Å². The molecule has 0 atom stereocenters. The highest BCUT2D eigenvalue weighted by Crippen LogP contribution is 2.31. The highest BCUT2D eigenvalue weighted by Gasteiger charge is 2.09. The summed E-state index contributed by atoms with van der Waals surface area (Å²) in [4.78, 5) is 20.3. The quantitative estimate of drug-likeness (QED) is 0.845. The molecule has 0 aliphatic rings. The average Bonchev–Trinajstić information content (AvgIpc) is 2.41. The van der Waals surface area contributed by atoms with Gasteiger partial charge in [-0.3, -0.25) is 4.79 Å². The van der Waals surface area contributed by atoms with Crippen molar-refractivity contribution >= 4 is 29.2 Å². The number of amides is 1. The number of anilines is 2. The van der Waals surface area contributed by atoms with Crippen molar-refractivity contribution in [1.82, 2.24) is 9.97 Å². The molecule has 1 amide bonds. The molecule has 2 rings (SSSR count). The summed E-state index contributed by atoms with van der Waals surface area (Å²) in [5.41, 5.74) is 7.59. The fourth-order valence-corrected chi connectivity index (χ4v) is 2.72. The van der Waals surface area contributed by atoms with Gasteiger partial charge in [-0.25, -0.2) is 9.97 Å². The standard InChI is InChI=1S/C14H16N4OS/c1-3-12-13(15)16-8-17-14(12)20-11-6-4-10(5-7-11)18-9(2)19/h4-8H,3H2,1-2H3,(H,18,19)(H2,15,16,17). The lowest BCUT2D eigenvalue weighted by atomic mass is 10.2. The SMILES string of the molecule is CCc1c(N)ncnc1Sc1ccc(NC(C)=O)cc1. The van der Waals surface area contributed by atoms with Crippen LogP contribution in [0.25, 0.3) is 0 Å². The minimum atomic E-state index is -0.0813. The van der Waals surface area contributed by atoms with Crippen LogP contribution in [0.15, 0.2) is 40.5 Å². The Balaban J connectivity index is 2.18. The molecule has 20 heavy (non-hydrogen) atoms. The minimum absolute atomic E-state index is 0.0813. The first kappa shape index (κ1) is 14.3. The Morgan fingerprint density at radius 1 is 1.30 bits per heavy atom. The second-order valence-corrected chi connectivity index (χ2v) is 5.27. The minimum Gasteiger partial charge on any atom is -0.383 e. The molecule has 0 saturated carbocycles. The van der Waals surface area contributed by atoms with E-state index in [2.05, 4.69) is 15.3 Å². The first-order chi connectivity index (χ1) is 9.60. The zero-order chi connectivity index (χ0) is 14.5. The van der Waals surface area contributed by atoms with Gasteiger partial charge < -0.3 is 11.1 Å². The molecule has 6 heteroatoms. The Morgan fingerprint density at radius 3 is 2.60 bits per heavy atom. The van der Waals surface area contributed by atoms with Gasteiger partial charge in [0, 0.05) is 23.1 Å². The number of hydrogen-bond donors (Lipinski definition) is 2. The summed E-state index contributed by atoms with van der Waals surface area (Å²) >= 11 is 1.54. The number of nitrogens with one attached hydrogen (secondary N) is 1. The Labute approximate surface area is 122 Å². The van der Waals surface area contributed by atoms with Crippen molar-refractivity contribution < 1.29 is 4.79 Å². The summed E-state index contributed by atoms with van der Waals surface area (Å²) < 4.78 is 0. The van der Waals surface area contributed by atoms with Crippen LogP contribution in [-0.4, -0.2) is 15.9 Å². The van der Waals surface area contributed by atoms with Gasteiger partial charge in [-0.2, -0.15) is 0 Å². The topological polar surface area (TPSA) is 80.9 Å². The molecule has 0 bridgehead atoms. The van der Waals surface area contributed by atoms with Crippen LogP contribution >= 0.6 is 11.8 Å². The molecular formula is C14H16N4OS. The molecule has 3 N–H and O–H groups in total. The molecule has 0 aliphatic carbocycles. The monoisotopic (exact) mass is 288 g/mol. The molecule has 0 aliphatic heterocycles. The molecule has 0 saturated heterocycles. The molecule has 5 nitrogen and oxygen atoms in total. The number of nitrogens with two attached hydrogens (primary N) is 1. The number of hydrogen-bond acceptors (Lipinski definition) is 5. The van der Waals surface area contributed by atoms with Crippen LogP contribution in [0, 0.1) is 0 Å². The van der Waals surface area contributed by atoms with E-state index in [1.54, 1.807) is 0 Å². The summed E-state index contributed by atoms with van der Waals surface area (Å²) in [6.45, 7) is 3.51. The van der Waals surface area contributed by atoms with Crippen LogP contribution in [-0.2, 0) is 11.2 Å². The van der Waals surface area contributed by atoms with E-state index in [0.29, 0.717) is 5.82 Å². The normalized spacial score (nSPS) is 10.3. The summed E-state index contributed by atoms with van der Waals surface area (Å²) in [6.07, 6.45) is 2.27. The third-order valence-electron chi connectivity index (χ3n) is 2.68. The maximum Gasteiger partial charge on any atom is 0.221 e. The molecule has 0 unspecified atom stereocenters. The smallest absolute Gasteiger partial charge is 0.221 e. The third kappa shape index (κ3) is 3.48. The van der Waals surface area contributed by atoms with Gasteiger partial charge >= 0.3 is 0 Å². The molecule has 1 heterocycles. The predicted molar refractivity (Wildman–Crippen MR) is 80.7 cm³/mol. The lowest BCUT2D eigenvalue weighted by Gasteiger charge is -2.08. The Bertz CT molecular complexity index is 613. The van der Waals surface area contributed by atoms with E-state index in [0.717, 1.165) is 27.6 Å². The van der Waals surface area contributed by atoms with E-state index in [4.69, 9.17) is 5.73 Å². The van der Waals surface area contributed by atoms with Crippen molar-refractivity contribution in [1.29, 1.82) is 0 Å². The zero-order valence-corrected chi connectivity index (χ0v) is 12.2. The third-order valence-corrected chi connectivity index (χ3v) is 3.73. The summed E-state index contributed by atoms with van der Waals surface area (Å²) in [5.74, 6) is 0.446. The fourth-order valence-electron chi connectivity index (χ4n) is 1.75. The maximum absolute atomic E-state index is 11.0. The van der Waals surface area contributed by atoms with Gasteiger partial charge in [0.15, 0.2) is 0 Å². The number of aromatic nitrogens is 2. The van der Waals surface area contributed by atoms with E-state index in [1.165, 1.54) is 25.0 Å². The van der Waals surface area contributed by atoms with E-state index in [-0.39, 0.29) is 5.91 Å². The maximum atomic E-state index is 11.0. The lowest BCUT2D eigenvalue weighted by molar-refractivity contribution is -0.114. The number of nitrogens with zero attached hydrogens (tertiary/aromatic N) is 2. The highest BCUT2D eigenvalue weighted by molar-refractivity contribution is 7.99. The Kier molecular flexibility index (Phi) is 4.57. The molecule has 104 valence electrons. The summed E-state index contributed by atoms with van der Waals surface area (Å²) in [6, 6.07) is 7.60. The molecular weight excluding hydrogens is 272 g/mol. The largest absolute Gasteiger partial charge is 0.383 e. The van der Waals surface area contributed by atoms with Crippen molar-refractivity contribution in [3.8, 4) is 0 Å². The summed E-state index contributed by atoms with van der Waals surface area (Å²) in [7, 11) is 0. The van der Waals surface area contributed by atoms with Crippen LogP contribution in [0.2, 0.25) is 0 Å². The first-order valence-electron chi connectivity index (χ1n) is 6.25. The average molecular weight is 288 g/mol. The van der Waals surface area contributed by atoms with Gasteiger partial charge in [0.1, 0.15) is 17.2 Å². The molecule has 1 aromatic carbocycles. The number of carbonyl (C=O) groups excluding carboxylic acids is 1.